The highest BCUT2D eigenvalue weighted by atomic mass is 31.2. The fourth-order valence-electron chi connectivity index (χ4n) is 0.0519. The minimum Gasteiger partial charge on any atom is -0.344 e. The fraction of sp³-hybridized carbons (Fsp3) is 0. The van der Waals surface area contributed by atoms with Crippen LogP contribution in [0.1, 0.15) is 0 Å². The molecular formula is H5BFNO4P. The summed E-state index contributed by atoms with van der Waals surface area (Å²) in [7, 11) is -5.15. The van der Waals surface area contributed by atoms with Gasteiger partial charge in [0.05, 0.1) is 0 Å². The zero-order valence-corrected chi connectivity index (χ0v) is 4.71. The second-order valence-electron chi connectivity index (χ2n) is 0.685. The van der Waals surface area contributed by atoms with Crippen LogP contribution in [-0.4, -0.2) is 17.5 Å². The van der Waals surface area contributed by atoms with Crippen molar-refractivity contribution in [1.82, 2.24) is 6.15 Å². The van der Waals surface area contributed by atoms with Crippen LogP contribution in [0.2, 0.25) is 0 Å². The van der Waals surface area contributed by atoms with Gasteiger partial charge >= 0.3 is 15.6 Å². The van der Waals surface area contributed by atoms with E-state index in [1.54, 1.807) is 0 Å². The van der Waals surface area contributed by atoms with Crippen LogP contribution in [0.5, 0.6) is 0 Å². The lowest BCUT2D eigenvalue weighted by molar-refractivity contribution is 0.281. The third-order valence-electron chi connectivity index (χ3n) is 0.177. The van der Waals surface area contributed by atoms with Crippen LogP contribution in [0.15, 0.2) is 0 Å². The van der Waals surface area contributed by atoms with Gasteiger partial charge in [0.15, 0.2) is 0 Å². The van der Waals surface area contributed by atoms with E-state index < -0.39 is 15.6 Å². The lowest BCUT2D eigenvalue weighted by atomic mass is 10.5. The van der Waals surface area contributed by atoms with Crippen LogP contribution in [0.4, 0.5) is 4.32 Å². The molecule has 8 heteroatoms. The summed E-state index contributed by atoms with van der Waals surface area (Å²) < 4.78 is 23.2. The largest absolute Gasteiger partial charge is 0.544 e. The van der Waals surface area contributed by atoms with Crippen molar-refractivity contribution in [3.63, 3.8) is 0 Å². The van der Waals surface area contributed by atoms with E-state index in [4.69, 9.17) is 9.79 Å². The minimum atomic E-state index is -4.60. The Balaban J connectivity index is 0. The lowest BCUT2D eigenvalue weighted by Gasteiger charge is -1.95. The normalized spacial score (nSPS) is 9.88. The minimum absolute atomic E-state index is 0. The Hall–Kier alpha value is 0.0649. The second kappa shape index (κ2) is 4.00. The molecule has 0 spiro atoms. The number of hydrogen-bond acceptors (Lipinski definition) is 3. The van der Waals surface area contributed by atoms with Gasteiger partial charge in [-0.3, -0.25) is 4.32 Å². The van der Waals surface area contributed by atoms with Crippen LogP contribution in [0, 0.1) is 0 Å². The van der Waals surface area contributed by atoms with Gasteiger partial charge in [-0.25, -0.2) is 4.57 Å². The molecule has 0 rings (SSSR count). The summed E-state index contributed by atoms with van der Waals surface area (Å²) in [5.74, 6) is 0. The Kier molecular flexibility index (Phi) is 5.47. The summed E-state index contributed by atoms with van der Waals surface area (Å²) in [4.78, 5) is 15.3. The molecule has 0 bridgehead atoms. The lowest BCUT2D eigenvalue weighted by Crippen LogP contribution is -1.87. The van der Waals surface area contributed by atoms with Gasteiger partial charge in [0.25, 0.3) is 0 Å². The van der Waals surface area contributed by atoms with Gasteiger partial charge in [0.2, 0.25) is 0 Å². The molecule has 0 fully saturated rings. The Morgan fingerprint density at radius 2 is 2.00 bits per heavy atom. The van der Waals surface area contributed by atoms with Crippen LogP contribution < -0.4 is 6.15 Å². The third-order valence-corrected chi connectivity index (χ3v) is 0.531. The highest BCUT2D eigenvalue weighted by molar-refractivity contribution is 7.47. The standard InChI is InChI=1S/BFH2O4P.H3N/c2-1-6-7(3,4)5;/h(H2,3,4,5);1H3. The van der Waals surface area contributed by atoms with E-state index in [-0.39, 0.29) is 6.15 Å². The van der Waals surface area contributed by atoms with Crippen LogP contribution >= 0.6 is 7.82 Å². The molecule has 1 radical (unpaired) electrons. The first-order valence-corrected chi connectivity index (χ1v) is 2.75. The van der Waals surface area contributed by atoms with Crippen molar-refractivity contribution < 1.29 is 23.1 Å². The van der Waals surface area contributed by atoms with Crippen molar-refractivity contribution in [2.24, 2.45) is 0 Å². The van der Waals surface area contributed by atoms with Gasteiger partial charge in [0, 0.05) is 0 Å². The average Bonchev–Trinajstić information content (AvgIpc) is 1.30. The van der Waals surface area contributed by atoms with Crippen LogP contribution in [0.3, 0.4) is 0 Å². The molecule has 49 valence electrons. The molecule has 0 saturated carbocycles. The molecule has 5 N–H and O–H groups in total. The summed E-state index contributed by atoms with van der Waals surface area (Å²) in [6.07, 6.45) is 0. The van der Waals surface area contributed by atoms with Crippen molar-refractivity contribution in [3.8, 4) is 0 Å². The SMILES string of the molecule is N.O=P(O)(O)O[B]F. The predicted octanol–water partition coefficient (Wildman–Crippen LogP) is -0.239. The number of rotatable bonds is 2. The van der Waals surface area contributed by atoms with Crippen molar-refractivity contribution in [1.29, 1.82) is 0 Å². The van der Waals surface area contributed by atoms with E-state index in [1.807, 2.05) is 0 Å². The van der Waals surface area contributed by atoms with Gasteiger partial charge in [-0.05, 0) is 0 Å². The van der Waals surface area contributed by atoms with Gasteiger partial charge in [-0.2, -0.15) is 0 Å². The first-order chi connectivity index (χ1) is 3.06. The van der Waals surface area contributed by atoms with Gasteiger partial charge in [-0.15, -0.1) is 0 Å². The highest BCUT2D eigenvalue weighted by Crippen LogP contribution is 2.34. The van der Waals surface area contributed by atoms with Gasteiger partial charge in [0.1, 0.15) is 0 Å². The topological polar surface area (TPSA) is 102 Å². The summed E-state index contributed by atoms with van der Waals surface area (Å²) in [5.41, 5.74) is 0. The molecule has 0 amide bonds. The smallest absolute Gasteiger partial charge is 0.344 e. The molecule has 5 nitrogen and oxygen atoms in total. The van der Waals surface area contributed by atoms with Gasteiger partial charge < -0.3 is 20.4 Å². The van der Waals surface area contributed by atoms with E-state index in [0.717, 1.165) is 0 Å². The molecule has 0 aromatic heterocycles. The van der Waals surface area contributed by atoms with Crippen molar-refractivity contribution in [2.75, 3.05) is 0 Å². The Bertz CT molecular complexity index is 90.0. The summed E-state index contributed by atoms with van der Waals surface area (Å²) in [5, 5.41) is 0. The monoisotopic (exact) mass is 144 g/mol. The Labute approximate surface area is 46.0 Å². The first-order valence-electron chi connectivity index (χ1n) is 1.22. The molecular weight excluding hydrogens is 139 g/mol. The Morgan fingerprint density at radius 1 is 1.62 bits per heavy atom. The molecule has 8 heavy (non-hydrogen) atoms. The van der Waals surface area contributed by atoms with Crippen molar-refractivity contribution in [3.05, 3.63) is 0 Å². The van der Waals surface area contributed by atoms with E-state index in [1.165, 1.54) is 0 Å². The maximum absolute atomic E-state index is 10.6. The number of halogens is 1. The predicted molar refractivity (Wildman–Crippen MR) is 25.0 cm³/mol. The Morgan fingerprint density at radius 3 is 2.00 bits per heavy atom. The summed E-state index contributed by atoms with van der Waals surface area (Å²) in [6, 6.07) is 0. The zero-order chi connectivity index (χ0) is 5.91. The van der Waals surface area contributed by atoms with Crippen molar-refractivity contribution >= 4 is 15.6 Å². The molecule has 0 atom stereocenters. The molecule has 0 aliphatic carbocycles. The van der Waals surface area contributed by atoms with E-state index in [0.29, 0.717) is 0 Å². The van der Waals surface area contributed by atoms with E-state index in [2.05, 4.69) is 4.44 Å². The van der Waals surface area contributed by atoms with Gasteiger partial charge in [-0.1, -0.05) is 0 Å². The second-order valence-corrected chi connectivity index (χ2v) is 1.88. The number of hydrogen-bond donors (Lipinski definition) is 3. The quantitative estimate of drug-likeness (QED) is 0.366. The molecule has 0 saturated heterocycles. The van der Waals surface area contributed by atoms with Crippen molar-refractivity contribution in [2.45, 2.75) is 0 Å². The molecule has 0 aromatic carbocycles. The maximum atomic E-state index is 10.6. The summed E-state index contributed by atoms with van der Waals surface area (Å²) >= 11 is 0. The first kappa shape index (κ1) is 10.9. The third kappa shape index (κ3) is 9.42. The van der Waals surface area contributed by atoms with Crippen LogP contribution in [-0.2, 0) is 9.01 Å². The molecule has 0 unspecified atom stereocenters. The average molecular weight is 144 g/mol. The van der Waals surface area contributed by atoms with Crippen LogP contribution in [0.25, 0.3) is 0 Å². The molecule has 0 heterocycles. The molecule has 0 aliphatic heterocycles. The fourth-order valence-corrected chi connectivity index (χ4v) is 0.156. The summed E-state index contributed by atoms with van der Waals surface area (Å²) in [6.45, 7) is 0. The van der Waals surface area contributed by atoms with E-state index >= 15 is 0 Å². The number of phosphoric acid groups is 1. The zero-order valence-electron chi connectivity index (χ0n) is 3.82. The molecule has 0 aromatic rings. The molecule has 0 aliphatic rings. The van der Waals surface area contributed by atoms with E-state index in [9.17, 15) is 8.88 Å². The maximum Gasteiger partial charge on any atom is 0.544 e. The highest BCUT2D eigenvalue weighted by Gasteiger charge is 2.13.